The summed E-state index contributed by atoms with van der Waals surface area (Å²) >= 11 is 0. The van der Waals surface area contributed by atoms with E-state index >= 15 is 0 Å². The molecule has 0 aliphatic heterocycles. The third-order valence-electron chi connectivity index (χ3n) is 2.89. The predicted octanol–water partition coefficient (Wildman–Crippen LogP) is 2.49. The van der Waals surface area contributed by atoms with Crippen molar-refractivity contribution in [3.63, 3.8) is 0 Å². The summed E-state index contributed by atoms with van der Waals surface area (Å²) in [6, 6.07) is 10.1. The van der Waals surface area contributed by atoms with Gasteiger partial charge in [0.25, 0.3) is 0 Å². The Morgan fingerprint density at radius 3 is 2.84 bits per heavy atom. The van der Waals surface area contributed by atoms with Crippen molar-refractivity contribution in [2.45, 2.75) is 32.4 Å². The molecule has 4 heteroatoms. The Labute approximate surface area is 115 Å². The minimum Gasteiger partial charge on any atom is -0.493 e. The quantitative estimate of drug-likeness (QED) is 0.782. The highest BCUT2D eigenvalue weighted by molar-refractivity contribution is 5.28. The zero-order valence-corrected chi connectivity index (χ0v) is 11.9. The SMILES string of the molecule is CCNC(C)(C#N)CCOc1cccc(COC)c1. The van der Waals surface area contributed by atoms with Crippen LogP contribution in [-0.2, 0) is 11.3 Å². The fraction of sp³-hybridized carbons (Fsp3) is 0.533. The summed E-state index contributed by atoms with van der Waals surface area (Å²) in [5.41, 5.74) is 0.550. The van der Waals surface area contributed by atoms with E-state index in [4.69, 9.17) is 14.7 Å². The molecule has 4 nitrogen and oxygen atoms in total. The van der Waals surface area contributed by atoms with E-state index in [1.165, 1.54) is 0 Å². The Hall–Kier alpha value is -1.57. The molecule has 0 spiro atoms. The lowest BCUT2D eigenvalue weighted by molar-refractivity contribution is 0.184. The van der Waals surface area contributed by atoms with Gasteiger partial charge in [0, 0.05) is 13.5 Å². The van der Waals surface area contributed by atoms with Crippen LogP contribution in [0.4, 0.5) is 0 Å². The van der Waals surface area contributed by atoms with Gasteiger partial charge in [0.2, 0.25) is 0 Å². The molecule has 104 valence electrons. The average Bonchev–Trinajstić information content (AvgIpc) is 2.40. The van der Waals surface area contributed by atoms with Crippen LogP contribution in [0.2, 0.25) is 0 Å². The molecule has 0 heterocycles. The van der Waals surface area contributed by atoms with E-state index in [0.29, 0.717) is 19.6 Å². The molecule has 0 aliphatic carbocycles. The first-order chi connectivity index (χ1) is 9.13. The van der Waals surface area contributed by atoms with Crippen LogP contribution in [0, 0.1) is 11.3 Å². The zero-order valence-electron chi connectivity index (χ0n) is 11.9. The third kappa shape index (κ3) is 5.29. The molecule has 0 aliphatic rings. The van der Waals surface area contributed by atoms with Gasteiger partial charge in [-0.2, -0.15) is 5.26 Å². The lowest BCUT2D eigenvalue weighted by Gasteiger charge is -2.22. The monoisotopic (exact) mass is 262 g/mol. The predicted molar refractivity (Wildman–Crippen MR) is 75.0 cm³/mol. The van der Waals surface area contributed by atoms with Gasteiger partial charge < -0.3 is 9.47 Å². The molecule has 19 heavy (non-hydrogen) atoms. The number of hydrogen-bond acceptors (Lipinski definition) is 4. The van der Waals surface area contributed by atoms with E-state index < -0.39 is 5.54 Å². The maximum Gasteiger partial charge on any atom is 0.119 e. The molecule has 1 atom stereocenters. The van der Waals surface area contributed by atoms with Crippen molar-refractivity contribution in [1.82, 2.24) is 5.32 Å². The summed E-state index contributed by atoms with van der Waals surface area (Å²) in [5, 5.41) is 12.3. The highest BCUT2D eigenvalue weighted by Gasteiger charge is 2.21. The first kappa shape index (κ1) is 15.5. The Kier molecular flexibility index (Phi) is 6.34. The van der Waals surface area contributed by atoms with Gasteiger partial charge in [-0.05, 0) is 31.2 Å². The minimum absolute atomic E-state index is 0.507. The zero-order chi connectivity index (χ0) is 14.1. The van der Waals surface area contributed by atoms with Gasteiger partial charge in [-0.15, -0.1) is 0 Å². The van der Waals surface area contributed by atoms with Gasteiger partial charge >= 0.3 is 0 Å². The molecule has 1 N–H and O–H groups in total. The van der Waals surface area contributed by atoms with Crippen molar-refractivity contribution >= 4 is 0 Å². The molecule has 0 bridgehead atoms. The lowest BCUT2D eigenvalue weighted by atomic mass is 10.0. The second-order valence-electron chi connectivity index (χ2n) is 4.65. The van der Waals surface area contributed by atoms with Crippen molar-refractivity contribution in [2.24, 2.45) is 0 Å². The summed E-state index contributed by atoms with van der Waals surface area (Å²) in [4.78, 5) is 0. The second-order valence-corrected chi connectivity index (χ2v) is 4.65. The third-order valence-corrected chi connectivity index (χ3v) is 2.89. The molecular weight excluding hydrogens is 240 g/mol. The maximum atomic E-state index is 9.14. The number of ether oxygens (including phenoxy) is 2. The van der Waals surface area contributed by atoms with Crippen LogP contribution in [0.1, 0.15) is 25.8 Å². The Bertz CT molecular complexity index is 428. The van der Waals surface area contributed by atoms with Gasteiger partial charge in [-0.1, -0.05) is 19.1 Å². The summed E-state index contributed by atoms with van der Waals surface area (Å²) in [6.07, 6.45) is 0.645. The van der Waals surface area contributed by atoms with Crippen LogP contribution < -0.4 is 10.1 Å². The van der Waals surface area contributed by atoms with Crippen LogP contribution in [0.15, 0.2) is 24.3 Å². The highest BCUT2D eigenvalue weighted by Crippen LogP contribution is 2.16. The molecule has 1 unspecified atom stereocenters. The van der Waals surface area contributed by atoms with E-state index in [2.05, 4.69) is 11.4 Å². The number of benzene rings is 1. The van der Waals surface area contributed by atoms with Crippen molar-refractivity contribution < 1.29 is 9.47 Å². The standard InChI is InChI=1S/C15H22N2O2/c1-4-17-15(2,12-16)8-9-19-14-7-5-6-13(10-14)11-18-3/h5-7,10,17H,4,8-9,11H2,1-3H3. The van der Waals surface area contributed by atoms with Crippen molar-refractivity contribution in [3.05, 3.63) is 29.8 Å². The number of nitrogens with one attached hydrogen (secondary N) is 1. The van der Waals surface area contributed by atoms with Gasteiger partial charge in [-0.3, -0.25) is 5.32 Å². The van der Waals surface area contributed by atoms with Crippen LogP contribution in [0.5, 0.6) is 5.75 Å². The van der Waals surface area contributed by atoms with Crippen LogP contribution in [0.3, 0.4) is 0 Å². The second kappa shape index (κ2) is 7.78. The molecule has 0 radical (unpaired) electrons. The van der Waals surface area contributed by atoms with Gasteiger partial charge in [0.15, 0.2) is 0 Å². The maximum absolute atomic E-state index is 9.14. The smallest absolute Gasteiger partial charge is 0.119 e. The van der Waals surface area contributed by atoms with Gasteiger partial charge in [-0.25, -0.2) is 0 Å². The van der Waals surface area contributed by atoms with E-state index in [1.54, 1.807) is 7.11 Å². The molecule has 0 saturated heterocycles. The Balaban J connectivity index is 2.48. The highest BCUT2D eigenvalue weighted by atomic mass is 16.5. The molecule has 1 rings (SSSR count). The van der Waals surface area contributed by atoms with Gasteiger partial charge in [0.05, 0.1) is 19.3 Å². The molecule has 0 saturated carbocycles. The van der Waals surface area contributed by atoms with Crippen molar-refractivity contribution in [2.75, 3.05) is 20.3 Å². The number of hydrogen-bond donors (Lipinski definition) is 1. The molecule has 0 fully saturated rings. The van der Waals surface area contributed by atoms with Crippen LogP contribution in [0.25, 0.3) is 0 Å². The van der Waals surface area contributed by atoms with Crippen molar-refractivity contribution in [3.8, 4) is 11.8 Å². The summed E-state index contributed by atoms with van der Waals surface area (Å²) in [7, 11) is 1.67. The fourth-order valence-corrected chi connectivity index (χ4v) is 1.84. The van der Waals surface area contributed by atoms with Crippen molar-refractivity contribution in [1.29, 1.82) is 5.26 Å². The summed E-state index contributed by atoms with van der Waals surface area (Å²) in [5.74, 6) is 0.811. The number of methoxy groups -OCH3 is 1. The van der Waals surface area contributed by atoms with Crippen LogP contribution >= 0.6 is 0 Å². The van der Waals surface area contributed by atoms with Gasteiger partial charge in [0.1, 0.15) is 11.3 Å². The summed E-state index contributed by atoms with van der Waals surface area (Å²) in [6.45, 7) is 5.73. The van der Waals surface area contributed by atoms with E-state index in [-0.39, 0.29) is 0 Å². The first-order valence-corrected chi connectivity index (χ1v) is 6.50. The number of nitrogens with zero attached hydrogens (tertiary/aromatic N) is 1. The van der Waals surface area contributed by atoms with Crippen LogP contribution in [-0.4, -0.2) is 25.8 Å². The van der Waals surface area contributed by atoms with E-state index in [9.17, 15) is 0 Å². The fourth-order valence-electron chi connectivity index (χ4n) is 1.84. The Morgan fingerprint density at radius 2 is 2.21 bits per heavy atom. The number of nitriles is 1. The first-order valence-electron chi connectivity index (χ1n) is 6.50. The molecule has 1 aromatic carbocycles. The number of rotatable bonds is 8. The molecular formula is C15H22N2O2. The molecule has 1 aromatic rings. The lowest BCUT2D eigenvalue weighted by Crippen LogP contribution is -2.42. The van der Waals surface area contributed by atoms with E-state index in [1.807, 2.05) is 38.1 Å². The molecule has 0 amide bonds. The molecule has 0 aromatic heterocycles. The Morgan fingerprint density at radius 1 is 1.42 bits per heavy atom. The largest absolute Gasteiger partial charge is 0.493 e. The normalized spacial score (nSPS) is 13.6. The van der Waals surface area contributed by atoms with E-state index in [0.717, 1.165) is 17.9 Å². The minimum atomic E-state index is -0.529. The summed E-state index contributed by atoms with van der Waals surface area (Å²) < 4.78 is 10.8. The average molecular weight is 262 g/mol. The topological polar surface area (TPSA) is 54.3 Å².